The maximum absolute atomic E-state index is 13.2. The maximum Gasteiger partial charge on any atom is 0.416 e. The summed E-state index contributed by atoms with van der Waals surface area (Å²) in [6, 6.07) is 18.1. The van der Waals surface area contributed by atoms with Gasteiger partial charge in [0, 0.05) is 24.6 Å². The van der Waals surface area contributed by atoms with Gasteiger partial charge in [0.05, 0.1) is 11.6 Å². The smallest absolute Gasteiger partial charge is 0.349 e. The van der Waals surface area contributed by atoms with E-state index in [1.54, 1.807) is 11.0 Å². The minimum atomic E-state index is -4.43. The molecule has 3 aromatic rings. The van der Waals surface area contributed by atoms with E-state index in [2.05, 4.69) is 5.32 Å². The monoisotopic (exact) mass is 482 g/mol. The van der Waals surface area contributed by atoms with Crippen LogP contribution in [0, 0.1) is 5.92 Å². The Bertz CT molecular complexity index is 1190. The van der Waals surface area contributed by atoms with Crippen LogP contribution < -0.4 is 5.32 Å². The molecule has 1 atom stereocenters. The standard InChI is InChI=1S/C28H29F3N2O2/c1-2-7-25(21-10-5-11-22(18-21)28(29,30)31)32-26(34)20-14-16-33(17-15-20)27(35)24-13-6-9-19-8-3-4-12-23(19)24/h3-6,8-13,18,20,25H,2,7,14-17H2,1H3,(H,32,34). The van der Waals surface area contributed by atoms with Crippen LogP contribution in [0.1, 0.15) is 60.1 Å². The van der Waals surface area contributed by atoms with Gasteiger partial charge in [-0.05, 0) is 53.8 Å². The van der Waals surface area contributed by atoms with Crippen LogP contribution in [0.15, 0.2) is 66.7 Å². The number of halogens is 3. The second-order valence-corrected chi connectivity index (χ2v) is 9.07. The van der Waals surface area contributed by atoms with Crippen LogP contribution in [0.2, 0.25) is 0 Å². The molecule has 0 aliphatic carbocycles. The topological polar surface area (TPSA) is 49.4 Å². The predicted octanol–water partition coefficient (Wildman–Crippen LogP) is 6.37. The van der Waals surface area contributed by atoms with Crippen LogP contribution in [0.3, 0.4) is 0 Å². The quantitative estimate of drug-likeness (QED) is 0.444. The van der Waals surface area contributed by atoms with E-state index in [-0.39, 0.29) is 17.7 Å². The van der Waals surface area contributed by atoms with Gasteiger partial charge in [0.1, 0.15) is 0 Å². The molecule has 1 heterocycles. The van der Waals surface area contributed by atoms with Crippen LogP contribution in [0.4, 0.5) is 13.2 Å². The molecule has 1 aliphatic rings. The first-order chi connectivity index (χ1) is 16.8. The van der Waals surface area contributed by atoms with Gasteiger partial charge in [-0.3, -0.25) is 9.59 Å². The molecule has 1 saturated heterocycles. The largest absolute Gasteiger partial charge is 0.416 e. The predicted molar refractivity (Wildman–Crippen MR) is 130 cm³/mol. The third kappa shape index (κ3) is 5.66. The van der Waals surface area contributed by atoms with Gasteiger partial charge in [-0.1, -0.05) is 61.9 Å². The summed E-state index contributed by atoms with van der Waals surface area (Å²) in [7, 11) is 0. The van der Waals surface area contributed by atoms with Crippen LogP contribution in [0.5, 0.6) is 0 Å². The van der Waals surface area contributed by atoms with E-state index in [1.165, 1.54) is 6.07 Å². The zero-order valence-corrected chi connectivity index (χ0v) is 19.6. The molecule has 35 heavy (non-hydrogen) atoms. The fourth-order valence-electron chi connectivity index (χ4n) is 4.76. The van der Waals surface area contributed by atoms with Crippen molar-refractivity contribution in [1.82, 2.24) is 10.2 Å². The molecule has 7 heteroatoms. The Morgan fingerprint density at radius 2 is 1.69 bits per heavy atom. The van der Waals surface area contributed by atoms with Crippen LogP contribution in [-0.2, 0) is 11.0 Å². The minimum absolute atomic E-state index is 0.0477. The van der Waals surface area contributed by atoms with E-state index in [4.69, 9.17) is 0 Å². The summed E-state index contributed by atoms with van der Waals surface area (Å²) < 4.78 is 39.5. The lowest BCUT2D eigenvalue weighted by atomic mass is 9.93. The number of carbonyl (C=O) groups is 2. The van der Waals surface area contributed by atoms with Gasteiger partial charge in [-0.25, -0.2) is 0 Å². The Kier molecular flexibility index (Phi) is 7.43. The van der Waals surface area contributed by atoms with Crippen molar-refractivity contribution in [2.75, 3.05) is 13.1 Å². The van der Waals surface area contributed by atoms with Gasteiger partial charge in [-0.15, -0.1) is 0 Å². The van der Waals surface area contributed by atoms with E-state index in [0.29, 0.717) is 43.5 Å². The van der Waals surface area contributed by atoms with Crippen molar-refractivity contribution in [1.29, 1.82) is 0 Å². The third-order valence-corrected chi connectivity index (χ3v) is 6.68. The first kappa shape index (κ1) is 24.8. The summed E-state index contributed by atoms with van der Waals surface area (Å²) in [5.74, 6) is -0.497. The number of nitrogens with one attached hydrogen (secondary N) is 1. The number of nitrogens with zero attached hydrogens (tertiary/aromatic N) is 1. The molecule has 2 amide bonds. The number of piperidine rings is 1. The third-order valence-electron chi connectivity index (χ3n) is 6.68. The highest BCUT2D eigenvalue weighted by molar-refractivity contribution is 6.07. The van der Waals surface area contributed by atoms with Gasteiger partial charge in [0.2, 0.25) is 5.91 Å². The maximum atomic E-state index is 13.2. The molecule has 0 saturated carbocycles. The van der Waals surface area contributed by atoms with Gasteiger partial charge < -0.3 is 10.2 Å². The van der Waals surface area contributed by atoms with E-state index in [9.17, 15) is 22.8 Å². The summed E-state index contributed by atoms with van der Waals surface area (Å²) in [5.41, 5.74) is 0.391. The molecule has 0 bridgehead atoms. The van der Waals surface area contributed by atoms with Crippen molar-refractivity contribution in [2.45, 2.75) is 44.8 Å². The van der Waals surface area contributed by atoms with Gasteiger partial charge >= 0.3 is 6.18 Å². The van der Waals surface area contributed by atoms with E-state index < -0.39 is 17.8 Å². The van der Waals surface area contributed by atoms with Gasteiger partial charge in [-0.2, -0.15) is 13.2 Å². The fourth-order valence-corrected chi connectivity index (χ4v) is 4.76. The Morgan fingerprint density at radius 1 is 1.00 bits per heavy atom. The molecule has 1 unspecified atom stereocenters. The lowest BCUT2D eigenvalue weighted by Gasteiger charge is -2.32. The normalized spacial score (nSPS) is 15.7. The zero-order valence-electron chi connectivity index (χ0n) is 19.6. The highest BCUT2D eigenvalue weighted by atomic mass is 19.4. The van der Waals surface area contributed by atoms with Crippen molar-refractivity contribution in [3.8, 4) is 0 Å². The number of likely N-dealkylation sites (tertiary alicyclic amines) is 1. The Balaban J connectivity index is 1.40. The molecule has 0 spiro atoms. The minimum Gasteiger partial charge on any atom is -0.349 e. The molecule has 1 aliphatic heterocycles. The number of hydrogen-bond acceptors (Lipinski definition) is 2. The van der Waals surface area contributed by atoms with Crippen molar-refractivity contribution in [2.24, 2.45) is 5.92 Å². The Morgan fingerprint density at radius 3 is 2.40 bits per heavy atom. The summed E-state index contributed by atoms with van der Waals surface area (Å²) in [6.07, 6.45) is -2.13. The average molecular weight is 483 g/mol. The lowest BCUT2D eigenvalue weighted by molar-refractivity contribution is -0.137. The first-order valence-electron chi connectivity index (χ1n) is 12.0. The zero-order chi connectivity index (χ0) is 25.0. The van der Waals surface area contributed by atoms with E-state index >= 15 is 0 Å². The van der Waals surface area contributed by atoms with Crippen molar-refractivity contribution >= 4 is 22.6 Å². The molecule has 0 radical (unpaired) electrons. The number of fused-ring (bicyclic) bond motifs is 1. The summed E-state index contributed by atoms with van der Waals surface area (Å²) in [4.78, 5) is 28.0. The number of carbonyl (C=O) groups excluding carboxylic acids is 2. The van der Waals surface area contributed by atoms with Crippen molar-refractivity contribution in [3.63, 3.8) is 0 Å². The second-order valence-electron chi connectivity index (χ2n) is 9.07. The molecule has 1 N–H and O–H groups in total. The number of rotatable bonds is 6. The average Bonchev–Trinajstić information content (AvgIpc) is 2.87. The number of alkyl halides is 3. The highest BCUT2D eigenvalue weighted by Crippen LogP contribution is 2.32. The van der Waals surface area contributed by atoms with Crippen molar-refractivity contribution in [3.05, 3.63) is 83.4 Å². The highest BCUT2D eigenvalue weighted by Gasteiger charge is 2.32. The molecular formula is C28H29F3N2O2. The van der Waals surface area contributed by atoms with Gasteiger partial charge in [0.25, 0.3) is 5.91 Å². The molecule has 0 aromatic heterocycles. The number of amides is 2. The van der Waals surface area contributed by atoms with Gasteiger partial charge in [0.15, 0.2) is 0 Å². The van der Waals surface area contributed by atoms with Crippen LogP contribution in [-0.4, -0.2) is 29.8 Å². The molecule has 184 valence electrons. The Hall–Kier alpha value is -3.35. The summed E-state index contributed by atoms with van der Waals surface area (Å²) >= 11 is 0. The van der Waals surface area contributed by atoms with Crippen LogP contribution in [0.25, 0.3) is 10.8 Å². The molecule has 4 nitrogen and oxygen atoms in total. The molecule has 4 rings (SSSR count). The number of hydrogen-bond donors (Lipinski definition) is 1. The van der Waals surface area contributed by atoms with E-state index in [1.807, 2.05) is 49.4 Å². The Labute approximate surface area is 203 Å². The SMILES string of the molecule is CCCC(NC(=O)C1CCN(C(=O)c2cccc3ccccc23)CC1)c1cccc(C(F)(F)F)c1. The second kappa shape index (κ2) is 10.5. The van der Waals surface area contributed by atoms with Crippen molar-refractivity contribution < 1.29 is 22.8 Å². The van der Waals surface area contributed by atoms with E-state index in [0.717, 1.165) is 29.3 Å². The number of benzene rings is 3. The molecule has 1 fully saturated rings. The fraction of sp³-hybridized carbons (Fsp3) is 0.357. The molecular weight excluding hydrogens is 453 g/mol. The summed E-state index contributed by atoms with van der Waals surface area (Å²) in [5, 5.41) is 4.88. The lowest BCUT2D eigenvalue weighted by Crippen LogP contribution is -2.43. The first-order valence-corrected chi connectivity index (χ1v) is 12.0. The van der Waals surface area contributed by atoms with Crippen LogP contribution >= 0.6 is 0 Å². The molecule has 3 aromatic carbocycles. The summed E-state index contributed by atoms with van der Waals surface area (Å²) in [6.45, 7) is 2.86.